The van der Waals surface area contributed by atoms with E-state index in [0.29, 0.717) is 5.82 Å². The molecule has 3 rings (SSSR count). The van der Waals surface area contributed by atoms with Crippen LogP contribution in [0.5, 0.6) is 0 Å². The Morgan fingerprint density at radius 3 is 2.73 bits per heavy atom. The zero-order valence-electron chi connectivity index (χ0n) is 12.5. The molecule has 1 atom stereocenters. The summed E-state index contributed by atoms with van der Waals surface area (Å²) >= 11 is 0. The van der Waals surface area contributed by atoms with Gasteiger partial charge < -0.3 is 11.1 Å². The lowest BCUT2D eigenvalue weighted by Crippen LogP contribution is -2.24. The Labute approximate surface area is 130 Å². The normalized spacial score (nSPS) is 18.6. The molecule has 0 radical (unpaired) electrons. The van der Waals surface area contributed by atoms with E-state index in [1.54, 1.807) is 6.07 Å². The van der Waals surface area contributed by atoms with E-state index in [4.69, 9.17) is 5.73 Å². The van der Waals surface area contributed by atoms with Crippen LogP contribution in [0.15, 0.2) is 36.4 Å². The van der Waals surface area contributed by atoms with Crippen molar-refractivity contribution in [1.29, 1.82) is 0 Å². The molecule has 1 aromatic heterocycles. The lowest BCUT2D eigenvalue weighted by molar-refractivity contribution is 0.0995. The molecule has 0 saturated carbocycles. The molecule has 0 spiro atoms. The van der Waals surface area contributed by atoms with Crippen molar-refractivity contribution in [3.8, 4) is 11.3 Å². The van der Waals surface area contributed by atoms with Crippen molar-refractivity contribution in [2.24, 2.45) is 5.73 Å². The first-order valence-electron chi connectivity index (χ1n) is 7.71. The largest absolute Gasteiger partial charge is 0.364 e. The van der Waals surface area contributed by atoms with E-state index in [2.05, 4.69) is 15.3 Å². The first-order chi connectivity index (χ1) is 10.7. The van der Waals surface area contributed by atoms with Gasteiger partial charge in [0.2, 0.25) is 0 Å². The fraction of sp³-hybridized carbons (Fsp3) is 0.353. The highest BCUT2D eigenvalue weighted by Gasteiger charge is 2.19. The maximum absolute atomic E-state index is 11.6. The fourth-order valence-corrected chi connectivity index (χ4v) is 2.75. The number of nitrogens with zero attached hydrogens (tertiary/aromatic N) is 2. The molecule has 1 unspecified atom stereocenters. The number of primary amides is 1. The fourth-order valence-electron chi connectivity index (χ4n) is 2.75. The molecule has 2 heterocycles. The lowest BCUT2D eigenvalue weighted by Gasteiger charge is -2.16. The van der Waals surface area contributed by atoms with Crippen LogP contribution >= 0.6 is 0 Å². The Morgan fingerprint density at radius 2 is 1.95 bits per heavy atom. The Morgan fingerprint density at radius 1 is 1.14 bits per heavy atom. The monoisotopic (exact) mass is 296 g/mol. The van der Waals surface area contributed by atoms with E-state index in [-0.39, 0.29) is 11.7 Å². The van der Waals surface area contributed by atoms with Crippen LogP contribution in [0.3, 0.4) is 0 Å². The zero-order valence-corrected chi connectivity index (χ0v) is 12.5. The third-order valence-electron chi connectivity index (χ3n) is 3.94. The number of carbonyl (C=O) groups is 1. The summed E-state index contributed by atoms with van der Waals surface area (Å²) in [6, 6.07) is 11.5. The van der Waals surface area contributed by atoms with Crippen molar-refractivity contribution in [1.82, 2.24) is 15.3 Å². The molecule has 5 heteroatoms. The Bertz CT molecular complexity index is 649. The number of hydrogen-bond acceptors (Lipinski definition) is 4. The van der Waals surface area contributed by atoms with Crippen molar-refractivity contribution in [3.63, 3.8) is 0 Å². The summed E-state index contributed by atoms with van der Waals surface area (Å²) in [4.78, 5) is 20.6. The molecule has 1 aliphatic heterocycles. The topological polar surface area (TPSA) is 80.9 Å². The van der Waals surface area contributed by atoms with Gasteiger partial charge >= 0.3 is 0 Å². The maximum atomic E-state index is 11.6. The molecule has 2 aromatic rings. The van der Waals surface area contributed by atoms with E-state index in [1.165, 1.54) is 6.42 Å². The van der Waals surface area contributed by atoms with Gasteiger partial charge in [0.15, 0.2) is 0 Å². The molecule has 5 nitrogen and oxygen atoms in total. The maximum Gasteiger partial charge on any atom is 0.267 e. The van der Waals surface area contributed by atoms with Crippen LogP contribution < -0.4 is 11.1 Å². The molecule has 1 aliphatic rings. The van der Waals surface area contributed by atoms with Crippen LogP contribution in [0.25, 0.3) is 11.3 Å². The second kappa shape index (κ2) is 6.66. The number of nitrogens with one attached hydrogen (secondary N) is 1. The summed E-state index contributed by atoms with van der Waals surface area (Å²) in [7, 11) is 0. The van der Waals surface area contributed by atoms with Gasteiger partial charge in [-0.25, -0.2) is 9.97 Å². The summed E-state index contributed by atoms with van der Waals surface area (Å²) in [5.41, 5.74) is 7.42. The van der Waals surface area contributed by atoms with Crippen molar-refractivity contribution in [2.45, 2.75) is 31.7 Å². The molecule has 1 amide bonds. The SMILES string of the molecule is NC(=O)c1cc(-c2ccccc2)nc(C2CCCCCN2)n1. The van der Waals surface area contributed by atoms with Crippen molar-refractivity contribution in [3.05, 3.63) is 47.9 Å². The van der Waals surface area contributed by atoms with Gasteiger partial charge in [0, 0.05) is 5.56 Å². The van der Waals surface area contributed by atoms with Gasteiger partial charge in [0.05, 0.1) is 11.7 Å². The molecule has 0 bridgehead atoms. The van der Waals surface area contributed by atoms with Gasteiger partial charge in [-0.05, 0) is 25.5 Å². The molecular formula is C17H20N4O. The van der Waals surface area contributed by atoms with Crippen molar-refractivity contribution < 1.29 is 4.79 Å². The molecule has 114 valence electrons. The standard InChI is InChI=1S/C17H20N4O/c18-16(22)15-11-14(12-7-3-1-4-8-12)20-17(21-15)13-9-5-2-6-10-19-13/h1,3-4,7-8,11,13,19H,2,5-6,9-10H2,(H2,18,22). The van der Waals surface area contributed by atoms with Crippen molar-refractivity contribution in [2.75, 3.05) is 6.54 Å². The highest BCUT2D eigenvalue weighted by atomic mass is 16.1. The molecule has 0 aliphatic carbocycles. The Balaban J connectivity index is 2.02. The van der Waals surface area contributed by atoms with Crippen LogP contribution in [0.1, 0.15) is 48.0 Å². The summed E-state index contributed by atoms with van der Waals surface area (Å²) in [6.45, 7) is 0.954. The van der Waals surface area contributed by atoms with E-state index in [9.17, 15) is 4.79 Å². The summed E-state index contributed by atoms with van der Waals surface area (Å²) < 4.78 is 0. The van der Waals surface area contributed by atoms with Gasteiger partial charge in [-0.2, -0.15) is 0 Å². The van der Waals surface area contributed by atoms with Gasteiger partial charge in [-0.15, -0.1) is 0 Å². The third-order valence-corrected chi connectivity index (χ3v) is 3.94. The van der Waals surface area contributed by atoms with E-state index in [0.717, 1.165) is 37.1 Å². The van der Waals surface area contributed by atoms with Gasteiger partial charge in [-0.3, -0.25) is 4.79 Å². The van der Waals surface area contributed by atoms with E-state index in [1.807, 2.05) is 30.3 Å². The quantitative estimate of drug-likeness (QED) is 0.911. The minimum absolute atomic E-state index is 0.0873. The van der Waals surface area contributed by atoms with Crippen LogP contribution in [0.4, 0.5) is 0 Å². The number of amides is 1. The predicted molar refractivity (Wildman–Crippen MR) is 85.2 cm³/mol. The van der Waals surface area contributed by atoms with E-state index >= 15 is 0 Å². The van der Waals surface area contributed by atoms with Crippen LogP contribution in [-0.4, -0.2) is 22.4 Å². The van der Waals surface area contributed by atoms with Crippen molar-refractivity contribution >= 4 is 5.91 Å². The number of aromatic nitrogens is 2. The summed E-state index contributed by atoms with van der Waals surface area (Å²) in [5.74, 6) is 0.145. The predicted octanol–water partition coefficient (Wildman–Crippen LogP) is 2.45. The second-order valence-electron chi connectivity index (χ2n) is 5.58. The number of carbonyl (C=O) groups excluding carboxylic acids is 1. The average molecular weight is 296 g/mol. The summed E-state index contributed by atoms with van der Waals surface area (Å²) in [6.07, 6.45) is 4.50. The third kappa shape index (κ3) is 3.31. The molecule has 3 N–H and O–H groups in total. The molecule has 1 fully saturated rings. The number of nitrogens with two attached hydrogens (primary N) is 1. The molecule has 1 saturated heterocycles. The molecular weight excluding hydrogens is 276 g/mol. The highest BCUT2D eigenvalue weighted by Crippen LogP contribution is 2.24. The van der Waals surface area contributed by atoms with Crippen LogP contribution in [0.2, 0.25) is 0 Å². The molecule has 1 aromatic carbocycles. The number of rotatable bonds is 3. The first kappa shape index (κ1) is 14.7. The zero-order chi connectivity index (χ0) is 15.4. The first-order valence-corrected chi connectivity index (χ1v) is 7.71. The van der Waals surface area contributed by atoms with Gasteiger partial charge in [0.25, 0.3) is 5.91 Å². The summed E-state index contributed by atoms with van der Waals surface area (Å²) in [5, 5.41) is 3.47. The smallest absolute Gasteiger partial charge is 0.267 e. The Hall–Kier alpha value is -2.27. The van der Waals surface area contributed by atoms with Gasteiger partial charge in [0.1, 0.15) is 11.5 Å². The number of hydrogen-bond donors (Lipinski definition) is 2. The van der Waals surface area contributed by atoms with Gasteiger partial charge in [-0.1, -0.05) is 43.2 Å². The second-order valence-corrected chi connectivity index (χ2v) is 5.58. The minimum Gasteiger partial charge on any atom is -0.364 e. The van der Waals surface area contributed by atoms with Crippen LogP contribution in [0, 0.1) is 0 Å². The Kier molecular flexibility index (Phi) is 4.44. The average Bonchev–Trinajstić information content (AvgIpc) is 2.84. The molecule has 22 heavy (non-hydrogen) atoms. The van der Waals surface area contributed by atoms with Crippen LogP contribution in [-0.2, 0) is 0 Å². The highest BCUT2D eigenvalue weighted by molar-refractivity contribution is 5.91. The lowest BCUT2D eigenvalue weighted by atomic mass is 10.1. The minimum atomic E-state index is -0.519. The van der Waals surface area contributed by atoms with E-state index < -0.39 is 5.91 Å². The number of benzene rings is 1.